The average molecular weight is 266 g/mol. The van der Waals surface area contributed by atoms with Gasteiger partial charge in [0.05, 0.1) is 11.5 Å². The molecule has 0 N–H and O–H groups in total. The minimum absolute atomic E-state index is 0.413. The van der Waals surface area contributed by atoms with Gasteiger partial charge in [0.1, 0.15) is 17.1 Å². The van der Waals surface area contributed by atoms with Crippen LogP contribution < -0.4 is 10.4 Å². The molecule has 0 fully saturated rings. The molecule has 0 saturated heterocycles. The first kappa shape index (κ1) is 12.5. The molecule has 0 aliphatic carbocycles. The normalized spacial score (nSPS) is 10.7. The fourth-order valence-electron chi connectivity index (χ4n) is 2.09. The van der Waals surface area contributed by atoms with Gasteiger partial charge in [0, 0.05) is 0 Å². The molecule has 3 heteroatoms. The Morgan fingerprint density at radius 1 is 1.05 bits per heavy atom. The van der Waals surface area contributed by atoms with E-state index in [4.69, 9.17) is 9.15 Å². The molecule has 3 nitrogen and oxygen atoms in total. The van der Waals surface area contributed by atoms with E-state index in [-0.39, 0.29) is 0 Å². The molecule has 0 spiro atoms. The number of fused-ring (bicyclic) bond motifs is 1. The molecule has 0 bridgehead atoms. The molecule has 0 aliphatic rings. The summed E-state index contributed by atoms with van der Waals surface area (Å²) in [5, 5.41) is 0.784. The van der Waals surface area contributed by atoms with E-state index in [2.05, 4.69) is 6.92 Å². The van der Waals surface area contributed by atoms with E-state index in [0.29, 0.717) is 17.1 Å². The smallest absolute Gasteiger partial charge is 0.339 e. The number of para-hydroxylation sites is 1. The van der Waals surface area contributed by atoms with Crippen LogP contribution in [0.3, 0.4) is 0 Å². The van der Waals surface area contributed by atoms with Crippen LogP contribution in [0, 0.1) is 0 Å². The highest BCUT2D eigenvalue weighted by atomic mass is 16.5. The van der Waals surface area contributed by atoms with Crippen molar-refractivity contribution < 1.29 is 9.15 Å². The monoisotopic (exact) mass is 266 g/mol. The van der Waals surface area contributed by atoms with Gasteiger partial charge in [-0.05, 0) is 36.2 Å². The van der Waals surface area contributed by atoms with Crippen molar-refractivity contribution in [2.45, 2.75) is 13.3 Å². The second kappa shape index (κ2) is 5.21. The quantitative estimate of drug-likeness (QED) is 0.668. The van der Waals surface area contributed by atoms with Gasteiger partial charge in [0.15, 0.2) is 0 Å². The summed E-state index contributed by atoms with van der Waals surface area (Å²) < 4.78 is 11.0. The number of ether oxygens (including phenoxy) is 1. The first-order valence-electron chi connectivity index (χ1n) is 6.56. The van der Waals surface area contributed by atoms with E-state index >= 15 is 0 Å². The topological polar surface area (TPSA) is 39.4 Å². The Morgan fingerprint density at radius 3 is 2.55 bits per heavy atom. The summed E-state index contributed by atoms with van der Waals surface area (Å²) in [5.74, 6) is 1.22. The van der Waals surface area contributed by atoms with Crippen LogP contribution in [0.4, 0.5) is 0 Å². The second-order valence-electron chi connectivity index (χ2n) is 4.53. The fraction of sp³-hybridized carbons (Fsp3) is 0.118. The molecule has 2 aromatic carbocycles. The Hall–Kier alpha value is -2.55. The maximum Gasteiger partial charge on any atom is 0.339 e. The van der Waals surface area contributed by atoms with E-state index in [1.807, 2.05) is 42.5 Å². The molecule has 20 heavy (non-hydrogen) atoms. The summed E-state index contributed by atoms with van der Waals surface area (Å²) >= 11 is 0. The lowest BCUT2D eigenvalue weighted by molar-refractivity contribution is 0.475. The van der Waals surface area contributed by atoms with Crippen molar-refractivity contribution in [3.05, 3.63) is 70.6 Å². The van der Waals surface area contributed by atoms with Crippen LogP contribution in [0.1, 0.15) is 12.5 Å². The van der Waals surface area contributed by atoms with Crippen molar-refractivity contribution in [3.8, 4) is 11.5 Å². The van der Waals surface area contributed by atoms with E-state index in [1.54, 1.807) is 6.07 Å². The molecule has 100 valence electrons. The molecule has 0 atom stereocenters. The number of hydrogen-bond donors (Lipinski definition) is 0. The van der Waals surface area contributed by atoms with E-state index < -0.39 is 5.63 Å². The van der Waals surface area contributed by atoms with Crippen molar-refractivity contribution in [2.24, 2.45) is 0 Å². The standard InChI is InChI=1S/C17H14O3/c1-2-12-7-9-13(10-8-12)19-16-11-17(18)20-15-6-4-3-5-14(15)16/h3-11H,2H2,1H3. The summed E-state index contributed by atoms with van der Waals surface area (Å²) in [6.07, 6.45) is 0.984. The molecular formula is C17H14O3. The van der Waals surface area contributed by atoms with Crippen molar-refractivity contribution in [1.82, 2.24) is 0 Å². The second-order valence-corrected chi connectivity index (χ2v) is 4.53. The largest absolute Gasteiger partial charge is 0.456 e. The first-order chi connectivity index (χ1) is 9.76. The van der Waals surface area contributed by atoms with Gasteiger partial charge in [0.2, 0.25) is 0 Å². The number of hydrogen-bond acceptors (Lipinski definition) is 3. The highest BCUT2D eigenvalue weighted by Gasteiger charge is 2.07. The van der Waals surface area contributed by atoms with Crippen LogP contribution in [0.25, 0.3) is 11.0 Å². The van der Waals surface area contributed by atoms with Gasteiger partial charge in [-0.25, -0.2) is 4.79 Å². The van der Waals surface area contributed by atoms with Gasteiger partial charge in [-0.15, -0.1) is 0 Å². The molecule has 0 amide bonds. The Morgan fingerprint density at radius 2 is 1.80 bits per heavy atom. The van der Waals surface area contributed by atoms with Gasteiger partial charge < -0.3 is 9.15 Å². The van der Waals surface area contributed by atoms with Gasteiger partial charge in [-0.1, -0.05) is 31.2 Å². The Bertz CT molecular complexity index is 785. The van der Waals surface area contributed by atoms with Crippen LogP contribution in [-0.4, -0.2) is 0 Å². The minimum atomic E-state index is -0.413. The zero-order valence-electron chi connectivity index (χ0n) is 11.1. The predicted octanol–water partition coefficient (Wildman–Crippen LogP) is 4.15. The lowest BCUT2D eigenvalue weighted by Crippen LogP contribution is -1.98. The van der Waals surface area contributed by atoms with Crippen LogP contribution >= 0.6 is 0 Å². The fourth-order valence-corrected chi connectivity index (χ4v) is 2.09. The molecular weight excluding hydrogens is 252 g/mol. The van der Waals surface area contributed by atoms with Gasteiger partial charge >= 0.3 is 5.63 Å². The van der Waals surface area contributed by atoms with Crippen LogP contribution in [0.5, 0.6) is 11.5 Å². The third-order valence-electron chi connectivity index (χ3n) is 3.17. The third-order valence-corrected chi connectivity index (χ3v) is 3.17. The maximum atomic E-state index is 11.5. The van der Waals surface area contributed by atoms with Gasteiger partial charge in [0.25, 0.3) is 0 Å². The summed E-state index contributed by atoms with van der Waals surface area (Å²) in [6, 6.07) is 16.5. The van der Waals surface area contributed by atoms with Gasteiger partial charge in [-0.2, -0.15) is 0 Å². The lowest BCUT2D eigenvalue weighted by Gasteiger charge is -2.08. The maximum absolute atomic E-state index is 11.5. The van der Waals surface area contributed by atoms with E-state index in [9.17, 15) is 4.79 Å². The molecule has 3 aromatic rings. The SMILES string of the molecule is CCc1ccc(Oc2cc(=O)oc3ccccc23)cc1. The molecule has 0 saturated carbocycles. The predicted molar refractivity (Wildman–Crippen MR) is 78.4 cm³/mol. The minimum Gasteiger partial charge on any atom is -0.456 e. The van der Waals surface area contributed by atoms with E-state index in [0.717, 1.165) is 11.8 Å². The lowest BCUT2D eigenvalue weighted by atomic mass is 10.2. The van der Waals surface area contributed by atoms with Crippen LogP contribution in [-0.2, 0) is 6.42 Å². The highest BCUT2D eigenvalue weighted by Crippen LogP contribution is 2.28. The summed E-state index contributed by atoms with van der Waals surface area (Å²) in [4.78, 5) is 11.5. The third kappa shape index (κ3) is 2.43. The van der Waals surface area contributed by atoms with Crippen molar-refractivity contribution in [1.29, 1.82) is 0 Å². The summed E-state index contributed by atoms with van der Waals surface area (Å²) in [7, 11) is 0. The molecule has 1 heterocycles. The number of rotatable bonds is 3. The number of aryl methyl sites for hydroxylation is 1. The van der Waals surface area contributed by atoms with Crippen molar-refractivity contribution in [2.75, 3.05) is 0 Å². The van der Waals surface area contributed by atoms with Crippen LogP contribution in [0.2, 0.25) is 0 Å². The molecule has 3 rings (SSSR count). The molecule has 0 aliphatic heterocycles. The first-order valence-corrected chi connectivity index (χ1v) is 6.56. The Labute approximate surface area is 116 Å². The highest BCUT2D eigenvalue weighted by molar-refractivity contribution is 5.83. The molecule has 0 radical (unpaired) electrons. The Kier molecular flexibility index (Phi) is 3.25. The van der Waals surface area contributed by atoms with Crippen molar-refractivity contribution in [3.63, 3.8) is 0 Å². The summed E-state index contributed by atoms with van der Waals surface area (Å²) in [5.41, 5.74) is 1.36. The zero-order chi connectivity index (χ0) is 13.9. The zero-order valence-corrected chi connectivity index (χ0v) is 11.1. The average Bonchev–Trinajstić information content (AvgIpc) is 2.48. The Balaban J connectivity index is 2.03. The van der Waals surface area contributed by atoms with Gasteiger partial charge in [-0.3, -0.25) is 0 Å². The molecule has 1 aromatic heterocycles. The van der Waals surface area contributed by atoms with E-state index in [1.165, 1.54) is 11.6 Å². The van der Waals surface area contributed by atoms with Crippen molar-refractivity contribution >= 4 is 11.0 Å². The summed E-state index contributed by atoms with van der Waals surface area (Å²) in [6.45, 7) is 2.10. The number of benzene rings is 2. The van der Waals surface area contributed by atoms with Crippen LogP contribution in [0.15, 0.2) is 63.8 Å². The molecule has 0 unspecified atom stereocenters.